The van der Waals surface area contributed by atoms with Crippen LogP contribution in [0.25, 0.3) is 10.9 Å². The summed E-state index contributed by atoms with van der Waals surface area (Å²) in [5, 5.41) is 0.825. The van der Waals surface area contributed by atoms with Gasteiger partial charge in [0.2, 0.25) is 5.82 Å². The zero-order chi connectivity index (χ0) is 13.1. The van der Waals surface area contributed by atoms with Gasteiger partial charge in [-0.25, -0.2) is 14.8 Å². The number of benzene rings is 1. The van der Waals surface area contributed by atoms with E-state index in [2.05, 4.69) is 9.97 Å². The minimum atomic E-state index is -0.604. The molecular weight excluding hydrogens is 256 g/mol. The van der Waals surface area contributed by atoms with Crippen LogP contribution in [0.4, 0.5) is 0 Å². The van der Waals surface area contributed by atoms with Crippen molar-refractivity contribution < 1.29 is 14.3 Å². The van der Waals surface area contributed by atoms with E-state index in [1.54, 1.807) is 25.1 Å². The van der Waals surface area contributed by atoms with E-state index < -0.39 is 5.97 Å². The topological polar surface area (TPSA) is 61.3 Å². The van der Waals surface area contributed by atoms with Gasteiger partial charge in [0.05, 0.1) is 13.7 Å². The van der Waals surface area contributed by atoms with Gasteiger partial charge in [0.15, 0.2) is 0 Å². The Bertz CT molecular complexity index is 601. The molecule has 0 amide bonds. The molecule has 0 aliphatic heterocycles. The Balaban J connectivity index is 2.63. The summed E-state index contributed by atoms with van der Waals surface area (Å²) in [5.41, 5.74) is 0.489. The first kappa shape index (κ1) is 12.6. The first-order chi connectivity index (χ1) is 8.67. The smallest absolute Gasteiger partial charge is 0.376 e. The first-order valence-electron chi connectivity index (χ1n) is 5.34. The summed E-state index contributed by atoms with van der Waals surface area (Å²) in [6.45, 7) is 1.96. The quantitative estimate of drug-likeness (QED) is 0.631. The number of carbonyl (C=O) groups excluding carboxylic acids is 1. The number of aromatic nitrogens is 2. The Morgan fingerprint density at radius 3 is 2.83 bits per heavy atom. The van der Waals surface area contributed by atoms with Gasteiger partial charge in [0, 0.05) is 5.39 Å². The number of methoxy groups -OCH3 is 1. The Labute approximate surface area is 109 Å². The molecule has 0 aliphatic rings. The standard InChI is InChI=1S/C12H11ClN2O3/c1-3-18-12(16)11-14-9-7(10(13)15-11)5-4-6-8(9)17-2/h4-6H,3H2,1-2H3. The van der Waals surface area contributed by atoms with Crippen molar-refractivity contribution in [3.8, 4) is 5.75 Å². The normalized spacial score (nSPS) is 10.4. The molecule has 2 aromatic rings. The molecule has 0 atom stereocenters. The second kappa shape index (κ2) is 5.18. The highest BCUT2D eigenvalue weighted by atomic mass is 35.5. The van der Waals surface area contributed by atoms with E-state index in [-0.39, 0.29) is 17.6 Å². The van der Waals surface area contributed by atoms with Crippen molar-refractivity contribution >= 4 is 28.5 Å². The maximum atomic E-state index is 11.6. The van der Waals surface area contributed by atoms with Crippen LogP contribution in [0.15, 0.2) is 18.2 Å². The summed E-state index contributed by atoms with van der Waals surface area (Å²) < 4.78 is 10.0. The number of ether oxygens (including phenoxy) is 2. The zero-order valence-electron chi connectivity index (χ0n) is 9.94. The number of carbonyl (C=O) groups is 1. The van der Waals surface area contributed by atoms with Gasteiger partial charge in [-0.3, -0.25) is 0 Å². The molecule has 0 N–H and O–H groups in total. The maximum Gasteiger partial charge on any atom is 0.376 e. The molecule has 18 heavy (non-hydrogen) atoms. The number of halogens is 1. The number of para-hydroxylation sites is 1. The Morgan fingerprint density at radius 1 is 1.39 bits per heavy atom. The van der Waals surface area contributed by atoms with E-state index in [0.29, 0.717) is 16.7 Å². The Kier molecular flexibility index (Phi) is 3.62. The van der Waals surface area contributed by atoms with Crippen LogP contribution in [0.1, 0.15) is 17.5 Å². The summed E-state index contributed by atoms with van der Waals surface area (Å²) in [6, 6.07) is 5.27. The van der Waals surface area contributed by atoms with Crippen LogP contribution < -0.4 is 4.74 Å². The van der Waals surface area contributed by atoms with Gasteiger partial charge < -0.3 is 9.47 Å². The number of hydrogen-bond donors (Lipinski definition) is 0. The summed E-state index contributed by atoms with van der Waals surface area (Å²) in [7, 11) is 1.52. The van der Waals surface area contributed by atoms with E-state index >= 15 is 0 Å². The number of rotatable bonds is 3. The van der Waals surface area contributed by atoms with Crippen LogP contribution in [0.3, 0.4) is 0 Å². The number of esters is 1. The molecule has 1 aromatic carbocycles. The van der Waals surface area contributed by atoms with E-state index in [1.165, 1.54) is 7.11 Å². The molecule has 0 unspecified atom stereocenters. The van der Waals surface area contributed by atoms with Gasteiger partial charge >= 0.3 is 5.97 Å². The van der Waals surface area contributed by atoms with Gasteiger partial charge in [-0.15, -0.1) is 0 Å². The monoisotopic (exact) mass is 266 g/mol. The van der Waals surface area contributed by atoms with Gasteiger partial charge in [0.1, 0.15) is 16.4 Å². The maximum absolute atomic E-state index is 11.6. The molecule has 0 spiro atoms. The molecule has 0 aliphatic carbocycles. The molecular formula is C12H11ClN2O3. The molecule has 1 heterocycles. The summed E-state index contributed by atoms with van der Waals surface area (Å²) >= 11 is 6.02. The molecule has 1 aromatic heterocycles. The van der Waals surface area contributed by atoms with Crippen molar-refractivity contribution in [3.63, 3.8) is 0 Å². The molecule has 5 nitrogen and oxygen atoms in total. The average Bonchev–Trinajstić information content (AvgIpc) is 2.38. The van der Waals surface area contributed by atoms with Gasteiger partial charge in [-0.05, 0) is 19.1 Å². The summed E-state index contributed by atoms with van der Waals surface area (Å²) in [5.74, 6) is -0.145. The SMILES string of the molecule is CCOC(=O)c1nc(Cl)c2cccc(OC)c2n1. The van der Waals surface area contributed by atoms with Crippen LogP contribution in [0.5, 0.6) is 5.75 Å². The number of fused-ring (bicyclic) bond motifs is 1. The van der Waals surface area contributed by atoms with Gasteiger partial charge in [-0.1, -0.05) is 17.7 Å². The van der Waals surface area contributed by atoms with Crippen molar-refractivity contribution in [3.05, 3.63) is 29.2 Å². The van der Waals surface area contributed by atoms with Crippen molar-refractivity contribution in [2.75, 3.05) is 13.7 Å². The lowest BCUT2D eigenvalue weighted by Gasteiger charge is -2.07. The third-order valence-corrected chi connectivity index (χ3v) is 2.61. The van der Waals surface area contributed by atoms with Crippen LogP contribution in [0.2, 0.25) is 5.15 Å². The molecule has 6 heteroatoms. The second-order valence-corrected chi connectivity index (χ2v) is 3.77. The fourth-order valence-electron chi connectivity index (χ4n) is 1.54. The highest BCUT2D eigenvalue weighted by Gasteiger charge is 2.16. The van der Waals surface area contributed by atoms with Crippen LogP contribution in [0, 0.1) is 0 Å². The van der Waals surface area contributed by atoms with Crippen LogP contribution in [-0.4, -0.2) is 29.7 Å². The fraction of sp³-hybridized carbons (Fsp3) is 0.250. The number of hydrogen-bond acceptors (Lipinski definition) is 5. The van der Waals surface area contributed by atoms with E-state index in [1.807, 2.05) is 0 Å². The number of nitrogens with zero attached hydrogens (tertiary/aromatic N) is 2. The average molecular weight is 267 g/mol. The van der Waals surface area contributed by atoms with Crippen molar-refractivity contribution in [2.45, 2.75) is 6.92 Å². The van der Waals surface area contributed by atoms with Gasteiger partial charge in [0.25, 0.3) is 0 Å². The molecule has 0 fully saturated rings. The predicted octanol–water partition coefficient (Wildman–Crippen LogP) is 2.47. The third kappa shape index (κ3) is 2.22. The molecule has 0 saturated heterocycles. The molecule has 0 radical (unpaired) electrons. The molecule has 2 rings (SSSR count). The fourth-order valence-corrected chi connectivity index (χ4v) is 1.77. The highest BCUT2D eigenvalue weighted by molar-refractivity contribution is 6.34. The van der Waals surface area contributed by atoms with Crippen molar-refractivity contribution in [2.24, 2.45) is 0 Å². The third-order valence-electron chi connectivity index (χ3n) is 2.32. The zero-order valence-corrected chi connectivity index (χ0v) is 10.7. The minimum Gasteiger partial charge on any atom is -0.494 e. The second-order valence-electron chi connectivity index (χ2n) is 3.41. The summed E-state index contributed by atoms with van der Waals surface area (Å²) in [4.78, 5) is 19.6. The highest BCUT2D eigenvalue weighted by Crippen LogP contribution is 2.27. The van der Waals surface area contributed by atoms with Crippen molar-refractivity contribution in [1.82, 2.24) is 9.97 Å². The van der Waals surface area contributed by atoms with Gasteiger partial charge in [-0.2, -0.15) is 0 Å². The Morgan fingerprint density at radius 2 is 2.17 bits per heavy atom. The summed E-state index contributed by atoms with van der Waals surface area (Å²) in [6.07, 6.45) is 0. The molecule has 0 bridgehead atoms. The largest absolute Gasteiger partial charge is 0.494 e. The molecule has 0 saturated carbocycles. The lowest BCUT2D eigenvalue weighted by molar-refractivity contribution is 0.0512. The minimum absolute atomic E-state index is 0.0705. The van der Waals surface area contributed by atoms with Crippen molar-refractivity contribution in [1.29, 1.82) is 0 Å². The van der Waals surface area contributed by atoms with E-state index in [9.17, 15) is 4.79 Å². The molecule has 94 valence electrons. The van der Waals surface area contributed by atoms with Crippen LogP contribution in [-0.2, 0) is 4.74 Å². The van der Waals surface area contributed by atoms with Crippen LogP contribution >= 0.6 is 11.6 Å². The Hall–Kier alpha value is -1.88. The van der Waals surface area contributed by atoms with E-state index in [0.717, 1.165) is 0 Å². The lowest BCUT2D eigenvalue weighted by Crippen LogP contribution is -2.10. The first-order valence-corrected chi connectivity index (χ1v) is 5.72. The lowest BCUT2D eigenvalue weighted by atomic mass is 10.2. The predicted molar refractivity (Wildman–Crippen MR) is 67.1 cm³/mol. The van der Waals surface area contributed by atoms with E-state index in [4.69, 9.17) is 21.1 Å².